The molecule has 0 radical (unpaired) electrons. The highest BCUT2D eigenvalue weighted by Crippen LogP contribution is 2.51. The van der Waals surface area contributed by atoms with Crippen LogP contribution in [0.2, 0.25) is 0 Å². The molecule has 0 saturated carbocycles. The molecule has 1 aliphatic rings. The lowest BCUT2D eigenvalue weighted by Gasteiger charge is -2.24. The molecule has 0 unspecified atom stereocenters. The third-order valence-corrected chi connectivity index (χ3v) is 13.4. The largest absolute Gasteiger partial charge is 0.417 e. The monoisotopic (exact) mass is 1040 g/mol. The number of carbonyl (C=O) groups is 2. The Hall–Kier alpha value is -8.92. The molecule has 0 bridgehead atoms. The molecule has 10 aromatic rings. The maximum atomic E-state index is 15.8. The van der Waals surface area contributed by atoms with Crippen molar-refractivity contribution < 1.29 is 62.3 Å². The molecule has 0 aliphatic carbocycles. The standard InChI is InChI=1S/C60H32F12N2O2/c61-57(62,63)37-25-27-39(48(31-37)59(67,68)69)41-19-10-21-43-44-22-11-20-42(40-28-26-38(58(64,65)66)32-49(40)60(70,71)72)53(44)73(52(41)43)50-24-12-23-45-51(50)56(76)74(55(45)75)54-46(34-15-6-2-7-16-34)29-36(33-13-4-1-5-14-33)30-47(54)35-17-8-3-9-18-35/h1-32H. The van der Waals surface area contributed by atoms with E-state index in [0.717, 1.165) is 27.2 Å². The van der Waals surface area contributed by atoms with Crippen LogP contribution < -0.4 is 4.90 Å². The number of alkyl halides is 12. The number of amides is 2. The molecule has 2 heterocycles. The zero-order valence-electron chi connectivity index (χ0n) is 38.7. The van der Waals surface area contributed by atoms with Gasteiger partial charge in [-0.15, -0.1) is 0 Å². The van der Waals surface area contributed by atoms with E-state index in [1.807, 2.05) is 42.5 Å². The van der Waals surface area contributed by atoms with Crippen LogP contribution in [-0.2, 0) is 24.7 Å². The Morgan fingerprint density at radius 3 is 1.14 bits per heavy atom. The topological polar surface area (TPSA) is 42.3 Å². The van der Waals surface area contributed by atoms with Crippen LogP contribution in [0.1, 0.15) is 43.0 Å². The van der Waals surface area contributed by atoms with Crippen molar-refractivity contribution in [1.29, 1.82) is 0 Å². The molecule has 2 amide bonds. The molecule has 9 aromatic carbocycles. The van der Waals surface area contributed by atoms with Gasteiger partial charge in [-0.1, -0.05) is 146 Å². The Balaban J connectivity index is 1.25. The molecule has 1 aliphatic heterocycles. The van der Waals surface area contributed by atoms with Gasteiger partial charge >= 0.3 is 24.7 Å². The minimum Gasteiger partial charge on any atom is -0.307 e. The molecule has 0 spiro atoms. The summed E-state index contributed by atoms with van der Waals surface area (Å²) in [5.41, 5.74) is -6.90. The van der Waals surface area contributed by atoms with Gasteiger partial charge in [0, 0.05) is 33.0 Å². The first kappa shape index (κ1) is 49.3. The summed E-state index contributed by atoms with van der Waals surface area (Å²) >= 11 is 0. The maximum Gasteiger partial charge on any atom is 0.417 e. The molecule has 0 atom stereocenters. The summed E-state index contributed by atoms with van der Waals surface area (Å²) in [4.78, 5) is 32.2. The molecule has 1 aromatic heterocycles. The minimum absolute atomic E-state index is 0.0169. The summed E-state index contributed by atoms with van der Waals surface area (Å²) < 4.78 is 177. The average molecular weight is 1040 g/mol. The van der Waals surface area contributed by atoms with Gasteiger partial charge in [0.15, 0.2) is 0 Å². The highest BCUT2D eigenvalue weighted by molar-refractivity contribution is 6.37. The number of aromatic nitrogens is 1. The van der Waals surface area contributed by atoms with E-state index in [2.05, 4.69) is 0 Å². The van der Waals surface area contributed by atoms with Gasteiger partial charge in [0.1, 0.15) is 0 Å². The number of para-hydroxylation sites is 2. The molecule has 0 fully saturated rings. The Labute approximate surface area is 423 Å². The number of hydrogen-bond acceptors (Lipinski definition) is 2. The van der Waals surface area contributed by atoms with E-state index in [1.165, 1.54) is 42.5 Å². The van der Waals surface area contributed by atoms with Gasteiger partial charge in [0.25, 0.3) is 11.8 Å². The van der Waals surface area contributed by atoms with Crippen molar-refractivity contribution in [2.75, 3.05) is 4.90 Å². The van der Waals surface area contributed by atoms with Crippen molar-refractivity contribution in [3.05, 3.63) is 228 Å². The summed E-state index contributed by atoms with van der Waals surface area (Å²) in [6.07, 6.45) is -21.3. The smallest absolute Gasteiger partial charge is 0.307 e. The van der Waals surface area contributed by atoms with E-state index >= 15 is 35.9 Å². The van der Waals surface area contributed by atoms with Gasteiger partial charge in [-0.25, -0.2) is 4.90 Å². The Bertz CT molecular complexity index is 3780. The number of fused-ring (bicyclic) bond motifs is 4. The number of imide groups is 1. The van der Waals surface area contributed by atoms with E-state index in [0.29, 0.717) is 52.1 Å². The van der Waals surface area contributed by atoms with Crippen molar-refractivity contribution in [1.82, 2.24) is 4.57 Å². The third-order valence-electron chi connectivity index (χ3n) is 13.4. The van der Waals surface area contributed by atoms with Gasteiger partial charge in [-0.05, 0) is 81.9 Å². The van der Waals surface area contributed by atoms with E-state index in [9.17, 15) is 26.3 Å². The number of rotatable bonds is 7. The van der Waals surface area contributed by atoms with E-state index in [4.69, 9.17) is 0 Å². The number of anilines is 1. The predicted molar refractivity (Wildman–Crippen MR) is 266 cm³/mol. The van der Waals surface area contributed by atoms with Crippen LogP contribution in [0.5, 0.6) is 0 Å². The minimum atomic E-state index is -5.43. The quantitative estimate of drug-likeness (QED) is 0.118. The van der Waals surface area contributed by atoms with Gasteiger partial charge in [0.2, 0.25) is 0 Å². The lowest BCUT2D eigenvalue weighted by Crippen LogP contribution is -2.30. The van der Waals surface area contributed by atoms with Gasteiger partial charge in [-0.3, -0.25) is 9.59 Å². The van der Waals surface area contributed by atoms with Crippen LogP contribution >= 0.6 is 0 Å². The molecule has 4 nitrogen and oxygen atoms in total. The predicted octanol–water partition coefficient (Wildman–Crippen LogP) is 18.0. The summed E-state index contributed by atoms with van der Waals surface area (Å²) in [6, 6.07) is 44.2. The van der Waals surface area contributed by atoms with Gasteiger partial charge in [-0.2, -0.15) is 52.7 Å². The van der Waals surface area contributed by atoms with Crippen LogP contribution in [0, 0.1) is 0 Å². The first-order chi connectivity index (χ1) is 36.1. The van der Waals surface area contributed by atoms with Crippen LogP contribution in [0.4, 0.5) is 58.4 Å². The molecule has 0 saturated heterocycles. The molecule has 0 N–H and O–H groups in total. The second-order valence-electron chi connectivity index (χ2n) is 17.9. The highest BCUT2D eigenvalue weighted by Gasteiger charge is 2.44. The van der Waals surface area contributed by atoms with Crippen LogP contribution in [0.15, 0.2) is 194 Å². The summed E-state index contributed by atoms with van der Waals surface area (Å²) in [5, 5.41) is 0.0339. The number of hydrogen-bond donors (Lipinski definition) is 0. The first-order valence-corrected chi connectivity index (χ1v) is 23.1. The van der Waals surface area contributed by atoms with Crippen LogP contribution in [-0.4, -0.2) is 16.4 Å². The summed E-state index contributed by atoms with van der Waals surface area (Å²) in [6.45, 7) is 0. The number of carbonyl (C=O) groups excluding carboxylic acids is 2. The number of benzene rings is 9. The van der Waals surface area contributed by atoms with Gasteiger partial charge < -0.3 is 4.57 Å². The molecule has 378 valence electrons. The molecule has 16 heteroatoms. The normalized spacial score (nSPS) is 13.3. The molecular formula is C60H32F12N2O2. The Morgan fingerprint density at radius 2 is 0.724 bits per heavy atom. The molecule has 11 rings (SSSR count). The van der Waals surface area contributed by atoms with Crippen molar-refractivity contribution in [2.45, 2.75) is 24.7 Å². The van der Waals surface area contributed by atoms with Crippen LogP contribution in [0.25, 0.3) is 83.1 Å². The highest BCUT2D eigenvalue weighted by atomic mass is 19.4. The lowest BCUT2D eigenvalue weighted by atomic mass is 9.90. The molecule has 76 heavy (non-hydrogen) atoms. The SMILES string of the molecule is O=C1c2cccc(-n3c4c(-c5ccc(C(F)(F)F)cc5C(F)(F)F)cccc4c4cccc(-c5ccc(C(F)(F)F)cc5C(F)(F)F)c43)c2C(=O)N1c1c(-c2ccccc2)cc(-c2ccccc2)cc1-c1ccccc1. The zero-order valence-corrected chi connectivity index (χ0v) is 38.7. The average Bonchev–Trinajstić information content (AvgIpc) is 4.10. The van der Waals surface area contributed by atoms with Crippen LogP contribution in [0.3, 0.4) is 0 Å². The van der Waals surface area contributed by atoms with Crippen molar-refractivity contribution in [3.8, 4) is 61.3 Å². The first-order valence-electron chi connectivity index (χ1n) is 23.1. The second kappa shape index (κ2) is 17.9. The Morgan fingerprint density at radius 1 is 0.316 bits per heavy atom. The number of halogens is 12. The fourth-order valence-corrected chi connectivity index (χ4v) is 10.2. The zero-order chi connectivity index (χ0) is 53.6. The summed E-state index contributed by atoms with van der Waals surface area (Å²) in [7, 11) is 0. The molecular weight excluding hydrogens is 1010 g/mol. The number of nitrogens with zero attached hydrogens (tertiary/aromatic N) is 2. The van der Waals surface area contributed by atoms with Crippen molar-refractivity contribution in [2.24, 2.45) is 0 Å². The lowest BCUT2D eigenvalue weighted by molar-refractivity contribution is -0.144. The van der Waals surface area contributed by atoms with Crippen molar-refractivity contribution >= 4 is 39.3 Å². The second-order valence-corrected chi connectivity index (χ2v) is 17.9. The van der Waals surface area contributed by atoms with E-state index < -0.39 is 81.0 Å². The van der Waals surface area contributed by atoms with Crippen molar-refractivity contribution in [3.63, 3.8) is 0 Å². The van der Waals surface area contributed by atoms with E-state index in [-0.39, 0.29) is 56.4 Å². The Kier molecular flexibility index (Phi) is 11.6. The maximum absolute atomic E-state index is 15.8. The van der Waals surface area contributed by atoms with E-state index in [1.54, 1.807) is 60.7 Å². The fraction of sp³-hybridized carbons (Fsp3) is 0.0667. The summed E-state index contributed by atoms with van der Waals surface area (Å²) in [5.74, 6) is -1.84. The third kappa shape index (κ3) is 8.33. The van der Waals surface area contributed by atoms with Gasteiger partial charge in [0.05, 0.1) is 55.8 Å². The fourth-order valence-electron chi connectivity index (χ4n) is 10.2.